The maximum atomic E-state index is 12.1. The first-order valence-electron chi connectivity index (χ1n) is 8.48. The maximum Gasteiger partial charge on any atom is 0.325 e. The van der Waals surface area contributed by atoms with Crippen LogP contribution in [-0.4, -0.2) is 30.9 Å². The van der Waals surface area contributed by atoms with Crippen molar-refractivity contribution in [3.8, 4) is 0 Å². The number of carbonyl (C=O) groups is 3. The lowest BCUT2D eigenvalue weighted by Crippen LogP contribution is -2.36. The van der Waals surface area contributed by atoms with E-state index in [9.17, 15) is 14.4 Å². The number of hydrogen-bond donors (Lipinski definition) is 2. The Morgan fingerprint density at radius 1 is 1.15 bits per heavy atom. The van der Waals surface area contributed by atoms with Crippen LogP contribution >= 0.6 is 0 Å². The third-order valence-electron chi connectivity index (χ3n) is 4.21. The van der Waals surface area contributed by atoms with Crippen LogP contribution < -0.4 is 10.6 Å². The van der Waals surface area contributed by atoms with Gasteiger partial charge in [-0.1, -0.05) is 24.3 Å². The molecule has 0 spiro atoms. The highest BCUT2D eigenvalue weighted by atomic mass is 16.5. The lowest BCUT2D eigenvalue weighted by atomic mass is 9.88. The van der Waals surface area contributed by atoms with Crippen LogP contribution in [0.5, 0.6) is 0 Å². The van der Waals surface area contributed by atoms with E-state index in [4.69, 9.17) is 9.15 Å². The van der Waals surface area contributed by atoms with Gasteiger partial charge in [-0.15, -0.1) is 0 Å². The van der Waals surface area contributed by atoms with Crippen molar-refractivity contribution >= 4 is 17.8 Å². The molecule has 0 aliphatic heterocycles. The highest BCUT2D eigenvalue weighted by Gasteiger charge is 2.21. The van der Waals surface area contributed by atoms with E-state index in [0.717, 1.165) is 24.8 Å². The molecule has 1 atom stereocenters. The number of rotatable bonds is 6. The second kappa shape index (κ2) is 8.33. The van der Waals surface area contributed by atoms with E-state index >= 15 is 0 Å². The van der Waals surface area contributed by atoms with Gasteiger partial charge in [0.05, 0.1) is 12.3 Å². The zero-order chi connectivity index (χ0) is 18.4. The van der Waals surface area contributed by atoms with Crippen LogP contribution in [0.2, 0.25) is 0 Å². The van der Waals surface area contributed by atoms with E-state index < -0.39 is 11.9 Å². The Bertz CT molecular complexity index is 785. The Morgan fingerprint density at radius 2 is 2.00 bits per heavy atom. The van der Waals surface area contributed by atoms with Gasteiger partial charge in [-0.3, -0.25) is 14.4 Å². The van der Waals surface area contributed by atoms with Crippen molar-refractivity contribution < 1.29 is 23.5 Å². The average Bonchev–Trinajstić information content (AvgIpc) is 3.19. The molecule has 3 rings (SSSR count). The summed E-state index contributed by atoms with van der Waals surface area (Å²) >= 11 is 0. The normalized spacial score (nSPS) is 15.6. The number of aryl methyl sites for hydroxylation is 1. The summed E-state index contributed by atoms with van der Waals surface area (Å²) in [4.78, 5) is 35.4. The number of benzene rings is 1. The molecule has 0 bridgehead atoms. The summed E-state index contributed by atoms with van der Waals surface area (Å²) in [5.41, 5.74) is 2.35. The zero-order valence-corrected chi connectivity index (χ0v) is 14.2. The van der Waals surface area contributed by atoms with E-state index in [1.807, 2.05) is 18.2 Å². The van der Waals surface area contributed by atoms with Crippen LogP contribution in [0.4, 0.5) is 0 Å². The molecule has 2 N–H and O–H groups in total. The number of carbonyl (C=O) groups excluding carboxylic acids is 3. The SMILES string of the molecule is O=C(COC(=O)CNC(=O)c1ccco1)NC1CCCc2ccccc21. The fourth-order valence-electron chi connectivity index (χ4n) is 2.98. The molecule has 2 amide bonds. The van der Waals surface area contributed by atoms with Crippen LogP contribution in [0.1, 0.15) is 40.6 Å². The number of esters is 1. The Hall–Kier alpha value is -3.09. The summed E-state index contributed by atoms with van der Waals surface area (Å²) in [5, 5.41) is 5.26. The molecule has 1 aromatic carbocycles. The number of amides is 2. The topological polar surface area (TPSA) is 97.6 Å². The predicted octanol–water partition coefficient (Wildman–Crippen LogP) is 1.75. The van der Waals surface area contributed by atoms with Gasteiger partial charge in [0, 0.05) is 0 Å². The first-order chi connectivity index (χ1) is 12.6. The van der Waals surface area contributed by atoms with Crippen molar-refractivity contribution in [3.63, 3.8) is 0 Å². The molecule has 1 unspecified atom stereocenters. The third kappa shape index (κ3) is 4.50. The molecule has 0 saturated heterocycles. The summed E-state index contributed by atoms with van der Waals surface area (Å²) in [5.74, 6) is -1.47. The number of ether oxygens (including phenoxy) is 1. The van der Waals surface area contributed by atoms with Gasteiger partial charge in [0.15, 0.2) is 12.4 Å². The molecular weight excluding hydrogens is 336 g/mol. The first kappa shape index (κ1) is 17.7. The second-order valence-corrected chi connectivity index (χ2v) is 6.03. The van der Waals surface area contributed by atoms with Crippen LogP contribution in [0.25, 0.3) is 0 Å². The lowest BCUT2D eigenvalue weighted by molar-refractivity contribution is -0.147. The smallest absolute Gasteiger partial charge is 0.325 e. The lowest BCUT2D eigenvalue weighted by Gasteiger charge is -2.26. The number of hydrogen-bond acceptors (Lipinski definition) is 5. The summed E-state index contributed by atoms with van der Waals surface area (Å²) in [6.45, 7) is -0.715. The van der Waals surface area contributed by atoms with Gasteiger partial charge in [-0.05, 0) is 42.5 Å². The fourth-order valence-corrected chi connectivity index (χ4v) is 2.98. The van der Waals surface area contributed by atoms with Gasteiger partial charge in [-0.2, -0.15) is 0 Å². The van der Waals surface area contributed by atoms with Gasteiger partial charge in [-0.25, -0.2) is 0 Å². The summed E-state index contributed by atoms with van der Waals surface area (Å²) in [6, 6.07) is 11.0. The predicted molar refractivity (Wildman–Crippen MR) is 92.3 cm³/mol. The van der Waals surface area contributed by atoms with Crippen molar-refractivity contribution in [3.05, 3.63) is 59.5 Å². The van der Waals surface area contributed by atoms with Crippen molar-refractivity contribution in [1.82, 2.24) is 10.6 Å². The molecule has 1 aromatic heterocycles. The summed E-state index contributed by atoms with van der Waals surface area (Å²) in [7, 11) is 0. The molecule has 136 valence electrons. The van der Waals surface area contributed by atoms with Crippen LogP contribution in [-0.2, 0) is 20.7 Å². The van der Waals surface area contributed by atoms with Gasteiger partial charge in [0.1, 0.15) is 6.54 Å². The minimum Gasteiger partial charge on any atom is -0.459 e. The molecule has 1 aliphatic carbocycles. The average molecular weight is 356 g/mol. The molecule has 7 nitrogen and oxygen atoms in total. The Labute approximate surface area is 150 Å². The van der Waals surface area contributed by atoms with Crippen LogP contribution in [0.15, 0.2) is 47.1 Å². The second-order valence-electron chi connectivity index (χ2n) is 6.03. The standard InChI is InChI=1S/C19H20N2O5/c22-17(21-15-8-3-6-13-5-1-2-7-14(13)15)12-26-18(23)11-20-19(24)16-9-4-10-25-16/h1-2,4-5,7,9-10,15H,3,6,8,11-12H2,(H,20,24)(H,21,22). The fraction of sp³-hybridized carbons (Fsp3) is 0.316. The van der Waals surface area contributed by atoms with Crippen LogP contribution in [0.3, 0.4) is 0 Å². The Morgan fingerprint density at radius 3 is 2.81 bits per heavy atom. The molecule has 1 heterocycles. The zero-order valence-electron chi connectivity index (χ0n) is 14.2. The molecule has 7 heteroatoms. The van der Waals surface area contributed by atoms with Gasteiger partial charge in [0.25, 0.3) is 11.8 Å². The monoisotopic (exact) mass is 356 g/mol. The van der Waals surface area contributed by atoms with Crippen molar-refractivity contribution in [2.75, 3.05) is 13.2 Å². The minimum atomic E-state index is -0.691. The highest BCUT2D eigenvalue weighted by molar-refractivity contribution is 5.93. The van der Waals surface area contributed by atoms with Gasteiger partial charge < -0.3 is 19.8 Å². The largest absolute Gasteiger partial charge is 0.459 e. The van der Waals surface area contributed by atoms with Crippen molar-refractivity contribution in [2.45, 2.75) is 25.3 Å². The molecular formula is C19H20N2O5. The van der Waals surface area contributed by atoms with E-state index in [1.54, 1.807) is 6.07 Å². The van der Waals surface area contributed by atoms with E-state index in [0.29, 0.717) is 0 Å². The summed E-state index contributed by atoms with van der Waals surface area (Å²) < 4.78 is 9.82. The quantitative estimate of drug-likeness (QED) is 0.769. The maximum absolute atomic E-state index is 12.1. The van der Waals surface area contributed by atoms with Crippen molar-refractivity contribution in [1.29, 1.82) is 0 Å². The number of fused-ring (bicyclic) bond motifs is 1. The molecule has 2 aromatic rings. The van der Waals surface area contributed by atoms with Gasteiger partial charge in [0.2, 0.25) is 0 Å². The minimum absolute atomic E-state index is 0.0650. The van der Waals surface area contributed by atoms with E-state index in [2.05, 4.69) is 16.7 Å². The molecule has 1 aliphatic rings. The summed E-state index contributed by atoms with van der Waals surface area (Å²) in [6.07, 6.45) is 4.23. The molecule has 26 heavy (non-hydrogen) atoms. The number of nitrogens with one attached hydrogen (secondary N) is 2. The van der Waals surface area contributed by atoms with Crippen molar-refractivity contribution in [2.24, 2.45) is 0 Å². The molecule has 0 saturated carbocycles. The van der Waals surface area contributed by atoms with E-state index in [-0.39, 0.29) is 30.9 Å². The Balaban J connectivity index is 1.42. The van der Waals surface area contributed by atoms with Gasteiger partial charge >= 0.3 is 5.97 Å². The number of furan rings is 1. The first-order valence-corrected chi connectivity index (χ1v) is 8.48. The highest BCUT2D eigenvalue weighted by Crippen LogP contribution is 2.29. The molecule has 0 radical (unpaired) electrons. The molecule has 0 fully saturated rings. The van der Waals surface area contributed by atoms with E-state index in [1.165, 1.54) is 17.9 Å². The van der Waals surface area contributed by atoms with Crippen LogP contribution in [0, 0.1) is 0 Å². The Kier molecular flexibility index (Phi) is 5.68. The third-order valence-corrected chi connectivity index (χ3v) is 4.21.